The van der Waals surface area contributed by atoms with Crippen molar-refractivity contribution in [3.8, 4) is 0 Å². The van der Waals surface area contributed by atoms with Crippen LogP contribution >= 0.6 is 15.9 Å². The van der Waals surface area contributed by atoms with Crippen molar-refractivity contribution >= 4 is 15.9 Å². The van der Waals surface area contributed by atoms with Crippen LogP contribution < -0.4 is 5.32 Å². The third kappa shape index (κ3) is 2.46. The van der Waals surface area contributed by atoms with Gasteiger partial charge < -0.3 is 5.32 Å². The fourth-order valence-corrected chi connectivity index (χ4v) is 2.97. The minimum Gasteiger partial charge on any atom is -0.311 e. The van der Waals surface area contributed by atoms with Crippen molar-refractivity contribution in [2.75, 3.05) is 6.54 Å². The maximum absolute atomic E-state index is 13.0. The minimum atomic E-state index is -0.180. The van der Waals surface area contributed by atoms with Crippen LogP contribution in [0.1, 0.15) is 31.7 Å². The summed E-state index contributed by atoms with van der Waals surface area (Å²) in [4.78, 5) is 0. The third-order valence-corrected chi connectivity index (χ3v) is 4.29. The van der Waals surface area contributed by atoms with E-state index in [1.165, 1.54) is 18.4 Å². The molecule has 1 atom stereocenters. The van der Waals surface area contributed by atoms with Gasteiger partial charge in [0, 0.05) is 10.0 Å². The molecule has 1 unspecified atom stereocenters. The topological polar surface area (TPSA) is 12.0 Å². The lowest BCUT2D eigenvalue weighted by Crippen LogP contribution is -2.41. The molecular weight excluding hydrogens is 269 g/mol. The molecule has 0 radical (unpaired) electrons. The van der Waals surface area contributed by atoms with Gasteiger partial charge >= 0.3 is 0 Å². The van der Waals surface area contributed by atoms with E-state index >= 15 is 0 Å². The molecule has 1 N–H and O–H groups in total. The molecule has 1 heterocycles. The minimum absolute atomic E-state index is 0.180. The van der Waals surface area contributed by atoms with Crippen LogP contribution in [0.5, 0.6) is 0 Å². The molecule has 1 aliphatic rings. The van der Waals surface area contributed by atoms with E-state index in [9.17, 15) is 4.39 Å². The molecule has 1 nitrogen and oxygen atoms in total. The van der Waals surface area contributed by atoms with E-state index < -0.39 is 0 Å². The molecule has 88 valence electrons. The molecule has 1 aromatic carbocycles. The standard InChI is InChI=1S/C13H17BrFN/c1-2-13(6-3-7-16-13)9-10-4-5-11(15)8-12(10)14/h4-5,8,16H,2-3,6-7,9H2,1H3. The summed E-state index contributed by atoms with van der Waals surface area (Å²) in [5.74, 6) is -0.180. The van der Waals surface area contributed by atoms with Gasteiger partial charge in [0.25, 0.3) is 0 Å². The van der Waals surface area contributed by atoms with Crippen molar-refractivity contribution in [3.63, 3.8) is 0 Å². The van der Waals surface area contributed by atoms with Gasteiger partial charge in [0.15, 0.2) is 0 Å². The fourth-order valence-electron chi connectivity index (χ4n) is 2.48. The van der Waals surface area contributed by atoms with Crippen LogP contribution in [0.3, 0.4) is 0 Å². The van der Waals surface area contributed by atoms with E-state index in [0.717, 1.165) is 23.9 Å². The highest BCUT2D eigenvalue weighted by molar-refractivity contribution is 9.10. The van der Waals surface area contributed by atoms with Gasteiger partial charge in [-0.05, 0) is 49.9 Å². The Bertz CT molecular complexity index is 372. The monoisotopic (exact) mass is 285 g/mol. The second-order valence-electron chi connectivity index (χ2n) is 4.58. The zero-order valence-corrected chi connectivity index (χ0v) is 11.1. The second kappa shape index (κ2) is 4.84. The zero-order chi connectivity index (χ0) is 11.6. The zero-order valence-electron chi connectivity index (χ0n) is 9.52. The summed E-state index contributed by atoms with van der Waals surface area (Å²) < 4.78 is 13.9. The largest absolute Gasteiger partial charge is 0.311 e. The molecule has 3 heteroatoms. The van der Waals surface area contributed by atoms with E-state index in [1.807, 2.05) is 6.07 Å². The van der Waals surface area contributed by atoms with Gasteiger partial charge in [0.05, 0.1) is 0 Å². The van der Waals surface area contributed by atoms with Crippen LogP contribution in [0.4, 0.5) is 4.39 Å². The first kappa shape index (κ1) is 12.1. The fraction of sp³-hybridized carbons (Fsp3) is 0.538. The first-order valence-corrected chi connectivity index (χ1v) is 6.63. The number of benzene rings is 1. The second-order valence-corrected chi connectivity index (χ2v) is 5.43. The Balaban J connectivity index is 2.19. The molecule has 0 saturated carbocycles. The summed E-state index contributed by atoms with van der Waals surface area (Å²) in [6.07, 6.45) is 4.56. The molecule has 0 aliphatic carbocycles. The SMILES string of the molecule is CCC1(Cc2ccc(F)cc2Br)CCCN1. The molecule has 0 amide bonds. The van der Waals surface area contributed by atoms with Crippen LogP contribution in [0.2, 0.25) is 0 Å². The maximum atomic E-state index is 13.0. The summed E-state index contributed by atoms with van der Waals surface area (Å²) in [6.45, 7) is 3.32. The van der Waals surface area contributed by atoms with Crippen molar-refractivity contribution in [1.82, 2.24) is 5.32 Å². The highest BCUT2D eigenvalue weighted by Crippen LogP contribution is 2.30. The van der Waals surface area contributed by atoms with Gasteiger partial charge in [0.2, 0.25) is 0 Å². The Labute approximate surface area is 105 Å². The van der Waals surface area contributed by atoms with E-state index in [2.05, 4.69) is 28.2 Å². The van der Waals surface area contributed by atoms with E-state index in [4.69, 9.17) is 0 Å². The lowest BCUT2D eigenvalue weighted by molar-refractivity contribution is 0.359. The third-order valence-electron chi connectivity index (χ3n) is 3.55. The summed E-state index contributed by atoms with van der Waals surface area (Å²) in [7, 11) is 0. The Kier molecular flexibility index (Phi) is 3.65. The summed E-state index contributed by atoms with van der Waals surface area (Å²) in [6, 6.07) is 4.98. The van der Waals surface area contributed by atoms with E-state index in [-0.39, 0.29) is 11.4 Å². The Morgan fingerprint density at radius 1 is 1.50 bits per heavy atom. The average molecular weight is 286 g/mol. The molecule has 0 bridgehead atoms. The van der Waals surface area contributed by atoms with Crippen molar-refractivity contribution in [2.24, 2.45) is 0 Å². The predicted octanol–water partition coefficient (Wildman–Crippen LogP) is 3.66. The molecule has 0 aromatic heterocycles. The molecule has 1 fully saturated rings. The van der Waals surface area contributed by atoms with Gasteiger partial charge in [-0.15, -0.1) is 0 Å². The summed E-state index contributed by atoms with van der Waals surface area (Å²) in [5, 5.41) is 3.60. The number of halogens is 2. The molecule has 1 saturated heterocycles. The Morgan fingerprint density at radius 3 is 2.88 bits per heavy atom. The van der Waals surface area contributed by atoms with E-state index in [0.29, 0.717) is 0 Å². The van der Waals surface area contributed by atoms with Crippen molar-refractivity contribution in [2.45, 2.75) is 38.1 Å². The van der Waals surface area contributed by atoms with Gasteiger partial charge in [0.1, 0.15) is 5.82 Å². The van der Waals surface area contributed by atoms with Crippen molar-refractivity contribution in [1.29, 1.82) is 0 Å². The van der Waals surface area contributed by atoms with Crippen LogP contribution in [-0.4, -0.2) is 12.1 Å². The van der Waals surface area contributed by atoms with E-state index in [1.54, 1.807) is 12.1 Å². The molecule has 16 heavy (non-hydrogen) atoms. The smallest absolute Gasteiger partial charge is 0.124 e. The van der Waals surface area contributed by atoms with Crippen LogP contribution in [0, 0.1) is 5.82 Å². The summed E-state index contributed by atoms with van der Waals surface area (Å²) >= 11 is 3.44. The Morgan fingerprint density at radius 2 is 2.31 bits per heavy atom. The predicted molar refractivity (Wildman–Crippen MR) is 68.1 cm³/mol. The van der Waals surface area contributed by atoms with Crippen molar-refractivity contribution in [3.05, 3.63) is 34.1 Å². The lowest BCUT2D eigenvalue weighted by Gasteiger charge is -2.28. The molecule has 1 aromatic rings. The average Bonchev–Trinajstić information content (AvgIpc) is 2.72. The molecule has 1 aliphatic heterocycles. The number of hydrogen-bond acceptors (Lipinski definition) is 1. The van der Waals surface area contributed by atoms with Gasteiger partial charge in [-0.3, -0.25) is 0 Å². The van der Waals surface area contributed by atoms with Gasteiger partial charge in [-0.1, -0.05) is 28.9 Å². The maximum Gasteiger partial charge on any atom is 0.124 e. The normalized spacial score (nSPS) is 24.9. The van der Waals surface area contributed by atoms with Crippen LogP contribution in [-0.2, 0) is 6.42 Å². The molecular formula is C13H17BrFN. The highest BCUT2D eigenvalue weighted by Gasteiger charge is 2.31. The Hall–Kier alpha value is -0.410. The lowest BCUT2D eigenvalue weighted by atomic mass is 9.87. The van der Waals surface area contributed by atoms with Crippen molar-refractivity contribution < 1.29 is 4.39 Å². The number of rotatable bonds is 3. The van der Waals surface area contributed by atoms with Gasteiger partial charge in [-0.2, -0.15) is 0 Å². The highest BCUT2D eigenvalue weighted by atomic mass is 79.9. The first-order valence-electron chi connectivity index (χ1n) is 5.84. The number of hydrogen-bond donors (Lipinski definition) is 1. The quantitative estimate of drug-likeness (QED) is 0.894. The summed E-state index contributed by atoms with van der Waals surface area (Å²) in [5.41, 5.74) is 1.41. The molecule has 2 rings (SSSR count). The molecule has 0 spiro atoms. The van der Waals surface area contributed by atoms with Crippen LogP contribution in [0.25, 0.3) is 0 Å². The first-order chi connectivity index (χ1) is 7.65. The van der Waals surface area contributed by atoms with Crippen LogP contribution in [0.15, 0.2) is 22.7 Å². The van der Waals surface area contributed by atoms with Gasteiger partial charge in [-0.25, -0.2) is 4.39 Å². The number of nitrogens with one attached hydrogen (secondary N) is 1.